The van der Waals surface area contributed by atoms with Crippen LogP contribution < -0.4 is 0 Å². The summed E-state index contributed by atoms with van der Waals surface area (Å²) in [7, 11) is 0. The van der Waals surface area contributed by atoms with Gasteiger partial charge < -0.3 is 6.92 Å². The van der Waals surface area contributed by atoms with E-state index in [0.29, 0.717) is 0 Å². The molecule has 0 N–H and O–H groups in total. The Balaban J connectivity index is 3.35. The van der Waals surface area contributed by atoms with Gasteiger partial charge in [-0.2, -0.15) is 6.42 Å². The van der Waals surface area contributed by atoms with Crippen molar-refractivity contribution >= 4 is 0 Å². The third-order valence-corrected chi connectivity index (χ3v) is 1.28. The first-order chi connectivity index (χ1) is 4.66. The number of allylic oxidation sites excluding steroid dienone is 2. The molecule has 0 amide bonds. The maximum atomic E-state index is 3.90. The molecular formula is C10H16. The Morgan fingerprint density at radius 2 is 2.00 bits per heavy atom. The third kappa shape index (κ3) is 5.49. The van der Waals surface area contributed by atoms with E-state index in [9.17, 15) is 0 Å². The van der Waals surface area contributed by atoms with Crippen LogP contribution in [0, 0.1) is 13.8 Å². The SMILES string of the molecule is C=C([CH2+])CC(=C)CCC[CH2-]. The van der Waals surface area contributed by atoms with Crippen molar-refractivity contribution in [1.29, 1.82) is 0 Å². The molecule has 0 aliphatic carbocycles. The largest absolute Gasteiger partial charge is 0.343 e. The Kier molecular flexibility index (Phi) is 4.82. The van der Waals surface area contributed by atoms with Crippen LogP contribution in [0.2, 0.25) is 0 Å². The van der Waals surface area contributed by atoms with E-state index < -0.39 is 0 Å². The summed E-state index contributed by atoms with van der Waals surface area (Å²) in [6.07, 6.45) is 4.06. The fraction of sp³-hybridized carbons (Fsp3) is 0.400. The first kappa shape index (κ1) is 9.35. The molecule has 0 aromatic rings. The van der Waals surface area contributed by atoms with Crippen molar-refractivity contribution in [3.05, 3.63) is 38.2 Å². The summed E-state index contributed by atoms with van der Waals surface area (Å²) in [5.74, 6) is 0. The maximum Gasteiger partial charge on any atom is 0.100 e. The summed E-state index contributed by atoms with van der Waals surface area (Å²) < 4.78 is 0. The van der Waals surface area contributed by atoms with Gasteiger partial charge >= 0.3 is 0 Å². The Bertz CT molecular complexity index is 120. The highest BCUT2D eigenvalue weighted by atomic mass is 14.0. The van der Waals surface area contributed by atoms with E-state index in [2.05, 4.69) is 27.0 Å². The molecule has 0 aromatic heterocycles. The average Bonchev–Trinajstić information content (AvgIpc) is 1.82. The first-order valence-electron chi connectivity index (χ1n) is 3.62. The fourth-order valence-electron chi connectivity index (χ4n) is 0.817. The number of hydrogen-bond acceptors (Lipinski definition) is 0. The maximum absolute atomic E-state index is 3.90. The van der Waals surface area contributed by atoms with Crippen molar-refractivity contribution in [3.8, 4) is 0 Å². The van der Waals surface area contributed by atoms with Gasteiger partial charge in [0.05, 0.1) is 0 Å². The molecule has 0 rings (SSSR count). The zero-order chi connectivity index (χ0) is 7.98. The smallest absolute Gasteiger partial charge is 0.100 e. The highest BCUT2D eigenvalue weighted by molar-refractivity contribution is 5.11. The van der Waals surface area contributed by atoms with Crippen LogP contribution in [-0.4, -0.2) is 0 Å². The monoisotopic (exact) mass is 136 g/mol. The molecule has 0 aliphatic heterocycles. The Labute approximate surface area is 64.6 Å². The van der Waals surface area contributed by atoms with E-state index in [1.807, 2.05) is 0 Å². The minimum atomic E-state index is 0.875. The van der Waals surface area contributed by atoms with Crippen LogP contribution in [0.25, 0.3) is 0 Å². The van der Waals surface area contributed by atoms with Crippen molar-refractivity contribution in [2.75, 3.05) is 0 Å². The summed E-state index contributed by atoms with van der Waals surface area (Å²) in [6.45, 7) is 15.1. The van der Waals surface area contributed by atoms with E-state index >= 15 is 0 Å². The van der Waals surface area contributed by atoms with E-state index in [0.717, 1.165) is 31.3 Å². The van der Waals surface area contributed by atoms with Crippen LogP contribution in [0.5, 0.6) is 0 Å². The molecular weight excluding hydrogens is 120 g/mol. The van der Waals surface area contributed by atoms with Gasteiger partial charge in [0.2, 0.25) is 0 Å². The summed E-state index contributed by atoms with van der Waals surface area (Å²) in [5.41, 5.74) is 2.18. The second kappa shape index (κ2) is 5.16. The van der Waals surface area contributed by atoms with Crippen molar-refractivity contribution < 1.29 is 0 Å². The zero-order valence-electron chi connectivity index (χ0n) is 6.66. The van der Waals surface area contributed by atoms with Crippen molar-refractivity contribution in [2.45, 2.75) is 25.7 Å². The molecule has 0 saturated heterocycles. The predicted molar refractivity (Wildman–Crippen MR) is 47.5 cm³/mol. The lowest BCUT2D eigenvalue weighted by molar-refractivity contribution is 0.813. The Hall–Kier alpha value is -0.650. The molecule has 0 heterocycles. The summed E-state index contributed by atoms with van der Waals surface area (Å²) in [4.78, 5) is 0. The molecule has 10 heavy (non-hydrogen) atoms. The normalized spacial score (nSPS) is 9.30. The molecule has 0 unspecified atom stereocenters. The number of hydrogen-bond donors (Lipinski definition) is 0. The summed E-state index contributed by atoms with van der Waals surface area (Å²) in [6, 6.07) is 0. The van der Waals surface area contributed by atoms with E-state index in [4.69, 9.17) is 0 Å². The van der Waals surface area contributed by atoms with Gasteiger partial charge in [-0.3, -0.25) is 0 Å². The topological polar surface area (TPSA) is 0 Å². The first-order valence-corrected chi connectivity index (χ1v) is 3.62. The second-order valence-electron chi connectivity index (χ2n) is 2.63. The van der Waals surface area contributed by atoms with E-state index in [-0.39, 0.29) is 0 Å². The van der Waals surface area contributed by atoms with Crippen molar-refractivity contribution in [3.63, 3.8) is 0 Å². The molecule has 0 atom stereocenters. The van der Waals surface area contributed by atoms with E-state index in [1.165, 1.54) is 5.57 Å². The molecule has 0 nitrogen and oxygen atoms in total. The fourth-order valence-corrected chi connectivity index (χ4v) is 0.817. The van der Waals surface area contributed by atoms with Crippen LogP contribution in [0.3, 0.4) is 0 Å². The molecule has 0 aliphatic rings. The van der Waals surface area contributed by atoms with Crippen LogP contribution in [0.15, 0.2) is 24.3 Å². The summed E-state index contributed by atoms with van der Waals surface area (Å²) in [5, 5.41) is 0. The summed E-state index contributed by atoms with van der Waals surface area (Å²) >= 11 is 0. The average molecular weight is 136 g/mol. The molecule has 0 heteroatoms. The van der Waals surface area contributed by atoms with Gasteiger partial charge in [-0.05, 0) is 6.42 Å². The van der Waals surface area contributed by atoms with Crippen LogP contribution >= 0.6 is 0 Å². The van der Waals surface area contributed by atoms with Gasteiger partial charge in [-0.15, -0.1) is 0 Å². The Morgan fingerprint density at radius 1 is 1.40 bits per heavy atom. The molecule has 0 spiro atoms. The van der Waals surface area contributed by atoms with Gasteiger partial charge in [0.15, 0.2) is 0 Å². The zero-order valence-corrected chi connectivity index (χ0v) is 6.66. The molecule has 0 bridgehead atoms. The van der Waals surface area contributed by atoms with Gasteiger partial charge in [-0.25, -0.2) is 0 Å². The van der Waals surface area contributed by atoms with Gasteiger partial charge in [-0.1, -0.05) is 18.6 Å². The minimum absolute atomic E-state index is 0.875. The van der Waals surface area contributed by atoms with E-state index in [1.54, 1.807) is 0 Å². The van der Waals surface area contributed by atoms with Crippen LogP contribution in [0.1, 0.15) is 25.7 Å². The predicted octanol–water partition coefficient (Wildman–Crippen LogP) is 3.33. The quantitative estimate of drug-likeness (QED) is 0.401. The lowest BCUT2D eigenvalue weighted by atomic mass is 10.0. The molecule has 56 valence electrons. The van der Waals surface area contributed by atoms with Gasteiger partial charge in [0, 0.05) is 19.9 Å². The third-order valence-electron chi connectivity index (χ3n) is 1.28. The van der Waals surface area contributed by atoms with Crippen LogP contribution in [0.4, 0.5) is 0 Å². The number of unbranched alkanes of at least 4 members (excludes halogenated alkanes) is 1. The second-order valence-corrected chi connectivity index (χ2v) is 2.63. The van der Waals surface area contributed by atoms with Crippen LogP contribution in [-0.2, 0) is 0 Å². The van der Waals surface area contributed by atoms with Gasteiger partial charge in [0.1, 0.15) is 5.57 Å². The lowest BCUT2D eigenvalue weighted by Gasteiger charge is -2.01. The standard InChI is InChI=1S/C10H16/c1-5-6-7-10(4)8-9(2)3/h1-8H2. The molecule has 0 fully saturated rings. The highest BCUT2D eigenvalue weighted by Gasteiger charge is 1.96. The molecule has 0 radical (unpaired) electrons. The Morgan fingerprint density at radius 3 is 2.40 bits per heavy atom. The van der Waals surface area contributed by atoms with Gasteiger partial charge in [0.25, 0.3) is 0 Å². The highest BCUT2D eigenvalue weighted by Crippen LogP contribution is 2.12. The van der Waals surface area contributed by atoms with Crippen molar-refractivity contribution in [1.82, 2.24) is 0 Å². The minimum Gasteiger partial charge on any atom is -0.343 e. The molecule has 0 aromatic carbocycles. The van der Waals surface area contributed by atoms with Crippen molar-refractivity contribution in [2.24, 2.45) is 0 Å². The molecule has 0 saturated carbocycles. The lowest BCUT2D eigenvalue weighted by Crippen LogP contribution is -1.82. The number of rotatable bonds is 5.